The van der Waals surface area contributed by atoms with Gasteiger partial charge in [-0.15, -0.1) is 0 Å². The Morgan fingerprint density at radius 1 is 1.60 bits per heavy atom. The van der Waals surface area contributed by atoms with E-state index in [0.29, 0.717) is 10.9 Å². The first kappa shape index (κ1) is 11.7. The molecular formula is C11H10BrNO2. The number of carbonyl (C=O) groups is 1. The summed E-state index contributed by atoms with van der Waals surface area (Å²) >= 11 is 3.30. The molecule has 0 bridgehead atoms. The molecule has 0 unspecified atom stereocenters. The lowest BCUT2D eigenvalue weighted by atomic mass is 10.0. The number of benzene rings is 1. The number of rotatable bonds is 3. The summed E-state index contributed by atoms with van der Waals surface area (Å²) in [6.07, 6.45) is 0.202. The van der Waals surface area contributed by atoms with Crippen molar-refractivity contribution in [3.8, 4) is 6.07 Å². The number of nitriles is 1. The van der Waals surface area contributed by atoms with Crippen LogP contribution >= 0.6 is 15.9 Å². The van der Waals surface area contributed by atoms with Crippen LogP contribution < -0.4 is 0 Å². The van der Waals surface area contributed by atoms with Crippen LogP contribution in [0.25, 0.3) is 0 Å². The Kier molecular flexibility index (Phi) is 4.32. The summed E-state index contributed by atoms with van der Waals surface area (Å²) in [5, 5.41) is 9.51. The quantitative estimate of drug-likeness (QED) is 0.623. The first-order valence-corrected chi connectivity index (χ1v) is 5.48. The van der Waals surface area contributed by atoms with Crippen LogP contribution in [0.1, 0.15) is 16.7 Å². The number of methoxy groups -OCH3 is 1. The van der Waals surface area contributed by atoms with Crippen LogP contribution in [0.3, 0.4) is 0 Å². The van der Waals surface area contributed by atoms with E-state index in [0.717, 1.165) is 11.1 Å². The van der Waals surface area contributed by atoms with Crippen molar-refractivity contribution >= 4 is 21.9 Å². The molecule has 0 aliphatic carbocycles. The predicted octanol–water partition coefficient (Wildman–Crippen LogP) is 2.17. The Labute approximate surface area is 96.8 Å². The number of carbonyl (C=O) groups excluding carboxylic acids is 1. The second-order valence-electron chi connectivity index (χ2n) is 2.99. The van der Waals surface area contributed by atoms with Gasteiger partial charge in [0.05, 0.1) is 25.2 Å². The maximum Gasteiger partial charge on any atom is 0.309 e. The number of hydrogen-bond donors (Lipinski definition) is 0. The Balaban J connectivity index is 2.94. The van der Waals surface area contributed by atoms with Gasteiger partial charge in [-0.1, -0.05) is 28.1 Å². The molecule has 0 N–H and O–H groups in total. The van der Waals surface area contributed by atoms with Gasteiger partial charge in [0.1, 0.15) is 0 Å². The Morgan fingerprint density at radius 3 is 2.87 bits per heavy atom. The molecule has 4 heteroatoms. The fourth-order valence-electron chi connectivity index (χ4n) is 1.19. The van der Waals surface area contributed by atoms with Gasteiger partial charge in [-0.25, -0.2) is 0 Å². The number of nitrogens with zero attached hydrogens (tertiary/aromatic N) is 1. The molecule has 1 aromatic rings. The SMILES string of the molecule is COC(=O)Cc1ccc(CBr)c(C#N)c1. The minimum Gasteiger partial charge on any atom is -0.469 e. The number of halogens is 1. The molecule has 0 atom stereocenters. The fraction of sp³-hybridized carbons (Fsp3) is 0.273. The number of ether oxygens (including phenoxy) is 1. The number of esters is 1. The van der Waals surface area contributed by atoms with Gasteiger partial charge in [0, 0.05) is 5.33 Å². The van der Waals surface area contributed by atoms with Crippen LogP contribution in [0.2, 0.25) is 0 Å². The normalized spacial score (nSPS) is 9.40. The van der Waals surface area contributed by atoms with Gasteiger partial charge < -0.3 is 4.74 Å². The molecule has 15 heavy (non-hydrogen) atoms. The number of alkyl halides is 1. The monoisotopic (exact) mass is 267 g/mol. The van der Waals surface area contributed by atoms with Crippen molar-refractivity contribution in [1.29, 1.82) is 5.26 Å². The summed E-state index contributed by atoms with van der Waals surface area (Å²) in [4.78, 5) is 11.0. The third kappa shape index (κ3) is 3.07. The van der Waals surface area contributed by atoms with E-state index in [-0.39, 0.29) is 12.4 Å². The second-order valence-corrected chi connectivity index (χ2v) is 3.55. The van der Waals surface area contributed by atoms with E-state index >= 15 is 0 Å². The zero-order chi connectivity index (χ0) is 11.3. The molecule has 1 aromatic carbocycles. The maximum absolute atomic E-state index is 11.0. The van der Waals surface area contributed by atoms with Gasteiger partial charge >= 0.3 is 5.97 Å². The molecule has 1 rings (SSSR count). The molecule has 0 saturated carbocycles. The molecule has 0 radical (unpaired) electrons. The van der Waals surface area contributed by atoms with Crippen molar-refractivity contribution in [2.75, 3.05) is 7.11 Å². The van der Waals surface area contributed by atoms with Crippen LogP contribution in [0.4, 0.5) is 0 Å². The molecule has 0 saturated heterocycles. The van der Waals surface area contributed by atoms with Gasteiger partial charge in [-0.05, 0) is 17.2 Å². The zero-order valence-electron chi connectivity index (χ0n) is 8.29. The lowest BCUT2D eigenvalue weighted by Crippen LogP contribution is -2.04. The van der Waals surface area contributed by atoms with Gasteiger partial charge in [0.25, 0.3) is 0 Å². The van der Waals surface area contributed by atoms with Crippen LogP contribution in [0, 0.1) is 11.3 Å². The lowest BCUT2D eigenvalue weighted by molar-refractivity contribution is -0.139. The van der Waals surface area contributed by atoms with Crippen molar-refractivity contribution in [3.63, 3.8) is 0 Å². The molecular weight excluding hydrogens is 258 g/mol. The van der Waals surface area contributed by atoms with Crippen molar-refractivity contribution in [2.45, 2.75) is 11.8 Å². The topological polar surface area (TPSA) is 50.1 Å². The van der Waals surface area contributed by atoms with Gasteiger partial charge in [0.2, 0.25) is 0 Å². The standard InChI is InChI=1S/C11H10BrNO2/c1-15-11(14)5-8-2-3-9(6-12)10(4-8)7-13/h2-4H,5-6H2,1H3. The average molecular weight is 268 g/mol. The van der Waals surface area contributed by atoms with Crippen molar-refractivity contribution < 1.29 is 9.53 Å². The fourth-order valence-corrected chi connectivity index (χ4v) is 1.68. The second kappa shape index (κ2) is 5.52. The zero-order valence-corrected chi connectivity index (χ0v) is 9.87. The third-order valence-electron chi connectivity index (χ3n) is 2.01. The van der Waals surface area contributed by atoms with E-state index in [9.17, 15) is 4.79 Å². The molecule has 0 aliphatic rings. The van der Waals surface area contributed by atoms with Gasteiger partial charge in [-0.2, -0.15) is 5.26 Å². The summed E-state index contributed by atoms with van der Waals surface area (Å²) < 4.78 is 4.55. The molecule has 0 spiro atoms. The van der Waals surface area contributed by atoms with Crippen LogP contribution in [-0.4, -0.2) is 13.1 Å². The molecule has 0 fully saturated rings. The number of hydrogen-bond acceptors (Lipinski definition) is 3. The lowest BCUT2D eigenvalue weighted by Gasteiger charge is -2.03. The van der Waals surface area contributed by atoms with E-state index in [2.05, 4.69) is 26.7 Å². The summed E-state index contributed by atoms with van der Waals surface area (Å²) in [6, 6.07) is 7.48. The highest BCUT2D eigenvalue weighted by molar-refractivity contribution is 9.08. The summed E-state index contributed by atoms with van der Waals surface area (Å²) in [5.74, 6) is -0.300. The van der Waals surface area contributed by atoms with E-state index in [4.69, 9.17) is 5.26 Å². The van der Waals surface area contributed by atoms with Crippen LogP contribution in [0.5, 0.6) is 0 Å². The highest BCUT2D eigenvalue weighted by Gasteiger charge is 2.06. The molecule has 0 amide bonds. The summed E-state index contributed by atoms with van der Waals surface area (Å²) in [5.41, 5.74) is 2.31. The minimum absolute atomic E-state index is 0.202. The van der Waals surface area contributed by atoms with E-state index in [1.165, 1.54) is 7.11 Å². The molecule has 0 aromatic heterocycles. The Morgan fingerprint density at radius 2 is 2.33 bits per heavy atom. The smallest absolute Gasteiger partial charge is 0.309 e. The molecule has 78 valence electrons. The van der Waals surface area contributed by atoms with Gasteiger partial charge in [0.15, 0.2) is 0 Å². The molecule has 0 aliphatic heterocycles. The highest BCUT2D eigenvalue weighted by atomic mass is 79.9. The first-order chi connectivity index (χ1) is 7.21. The van der Waals surface area contributed by atoms with Crippen LogP contribution in [0.15, 0.2) is 18.2 Å². The molecule has 3 nitrogen and oxygen atoms in total. The summed E-state index contributed by atoms with van der Waals surface area (Å²) in [7, 11) is 1.35. The summed E-state index contributed by atoms with van der Waals surface area (Å²) in [6.45, 7) is 0. The molecule has 0 heterocycles. The van der Waals surface area contributed by atoms with Gasteiger partial charge in [-0.3, -0.25) is 4.79 Å². The first-order valence-electron chi connectivity index (χ1n) is 4.36. The maximum atomic E-state index is 11.0. The largest absolute Gasteiger partial charge is 0.469 e. The Bertz CT molecular complexity index is 410. The highest BCUT2D eigenvalue weighted by Crippen LogP contribution is 2.14. The van der Waals surface area contributed by atoms with E-state index in [1.54, 1.807) is 6.07 Å². The average Bonchev–Trinajstić information content (AvgIpc) is 2.28. The van der Waals surface area contributed by atoms with Crippen LogP contribution in [-0.2, 0) is 21.3 Å². The minimum atomic E-state index is -0.300. The van der Waals surface area contributed by atoms with Crippen molar-refractivity contribution in [2.24, 2.45) is 0 Å². The van der Waals surface area contributed by atoms with Crippen molar-refractivity contribution in [3.05, 3.63) is 34.9 Å². The Hall–Kier alpha value is -1.34. The predicted molar refractivity (Wildman–Crippen MR) is 59.5 cm³/mol. The van der Waals surface area contributed by atoms with E-state index < -0.39 is 0 Å². The third-order valence-corrected chi connectivity index (χ3v) is 2.62. The van der Waals surface area contributed by atoms with Crippen molar-refractivity contribution in [1.82, 2.24) is 0 Å². The van der Waals surface area contributed by atoms with E-state index in [1.807, 2.05) is 12.1 Å².